The van der Waals surface area contributed by atoms with Gasteiger partial charge in [-0.3, -0.25) is 0 Å². The second-order valence-electron chi connectivity index (χ2n) is 3.67. The van der Waals surface area contributed by atoms with Crippen LogP contribution >= 0.6 is 11.3 Å². The van der Waals surface area contributed by atoms with E-state index in [-0.39, 0.29) is 11.7 Å². The first-order valence-corrected chi connectivity index (χ1v) is 6.38. The lowest BCUT2D eigenvalue weighted by Crippen LogP contribution is -2.03. The standard InChI is InChI=1S/C13H13NO3S/c1-3-17-13(16)11-8(2)14-12(18-11)9-6-4-5-7-10(9)15/h4-7,15H,3H2,1-2H3. The van der Waals surface area contributed by atoms with Crippen molar-refractivity contribution in [2.75, 3.05) is 6.61 Å². The third-order valence-corrected chi connectivity index (χ3v) is 3.56. The van der Waals surface area contributed by atoms with Crippen molar-refractivity contribution >= 4 is 17.3 Å². The van der Waals surface area contributed by atoms with Gasteiger partial charge in [-0.25, -0.2) is 9.78 Å². The second-order valence-corrected chi connectivity index (χ2v) is 4.67. The van der Waals surface area contributed by atoms with Crippen molar-refractivity contribution in [2.45, 2.75) is 13.8 Å². The molecule has 0 atom stereocenters. The number of hydrogen-bond acceptors (Lipinski definition) is 5. The Morgan fingerprint density at radius 3 is 2.83 bits per heavy atom. The summed E-state index contributed by atoms with van der Waals surface area (Å²) in [5.41, 5.74) is 1.25. The summed E-state index contributed by atoms with van der Waals surface area (Å²) in [5, 5.41) is 10.4. The van der Waals surface area contributed by atoms with E-state index in [0.717, 1.165) is 0 Å². The molecule has 5 heteroatoms. The number of rotatable bonds is 3. The van der Waals surface area contributed by atoms with Crippen LogP contribution in [-0.4, -0.2) is 22.7 Å². The summed E-state index contributed by atoms with van der Waals surface area (Å²) < 4.78 is 4.96. The van der Waals surface area contributed by atoms with Gasteiger partial charge >= 0.3 is 5.97 Å². The zero-order chi connectivity index (χ0) is 13.1. The summed E-state index contributed by atoms with van der Waals surface area (Å²) in [4.78, 5) is 16.5. The molecule has 0 radical (unpaired) electrons. The number of hydrogen-bond donors (Lipinski definition) is 1. The highest BCUT2D eigenvalue weighted by molar-refractivity contribution is 7.17. The Hall–Kier alpha value is -1.88. The Morgan fingerprint density at radius 2 is 2.17 bits per heavy atom. The van der Waals surface area contributed by atoms with Crippen LogP contribution in [0.4, 0.5) is 0 Å². The molecule has 1 aromatic carbocycles. The topological polar surface area (TPSA) is 59.4 Å². The molecule has 0 aliphatic heterocycles. The van der Waals surface area contributed by atoms with Crippen molar-refractivity contribution in [1.82, 2.24) is 4.98 Å². The minimum Gasteiger partial charge on any atom is -0.507 e. The summed E-state index contributed by atoms with van der Waals surface area (Å²) in [6.07, 6.45) is 0. The number of para-hydroxylation sites is 1. The van der Waals surface area contributed by atoms with Crippen LogP contribution in [0.25, 0.3) is 10.6 Å². The lowest BCUT2D eigenvalue weighted by Gasteiger charge is -1.99. The zero-order valence-electron chi connectivity index (χ0n) is 10.1. The molecule has 0 bridgehead atoms. The average molecular weight is 263 g/mol. The molecule has 4 nitrogen and oxygen atoms in total. The monoisotopic (exact) mass is 263 g/mol. The maximum Gasteiger partial charge on any atom is 0.350 e. The van der Waals surface area contributed by atoms with Crippen LogP contribution in [0.15, 0.2) is 24.3 Å². The lowest BCUT2D eigenvalue weighted by molar-refractivity contribution is 0.0531. The number of thiazole rings is 1. The minimum atomic E-state index is -0.367. The van der Waals surface area contributed by atoms with E-state index in [1.165, 1.54) is 11.3 Å². The fourth-order valence-corrected chi connectivity index (χ4v) is 2.55. The van der Waals surface area contributed by atoms with Crippen LogP contribution in [0.1, 0.15) is 22.3 Å². The molecule has 0 spiro atoms. The average Bonchev–Trinajstić information content (AvgIpc) is 2.72. The lowest BCUT2D eigenvalue weighted by atomic mass is 10.2. The number of carbonyl (C=O) groups is 1. The largest absolute Gasteiger partial charge is 0.507 e. The van der Waals surface area contributed by atoms with E-state index in [0.29, 0.717) is 27.7 Å². The number of phenolic OH excluding ortho intramolecular Hbond substituents is 1. The molecule has 94 valence electrons. The zero-order valence-corrected chi connectivity index (χ0v) is 11.0. The fourth-order valence-electron chi connectivity index (χ4n) is 1.55. The molecule has 0 saturated carbocycles. The molecule has 0 amide bonds. The molecule has 0 aliphatic rings. The summed E-state index contributed by atoms with van der Waals surface area (Å²) in [7, 11) is 0. The Labute approximate surface area is 109 Å². The van der Waals surface area contributed by atoms with Gasteiger partial charge in [-0.1, -0.05) is 12.1 Å². The van der Waals surface area contributed by atoms with Crippen LogP contribution in [0.2, 0.25) is 0 Å². The molecule has 1 N–H and O–H groups in total. The number of carbonyl (C=O) groups excluding carboxylic acids is 1. The third-order valence-electron chi connectivity index (χ3n) is 2.39. The van der Waals surface area contributed by atoms with Gasteiger partial charge in [-0.15, -0.1) is 11.3 Å². The SMILES string of the molecule is CCOC(=O)c1sc(-c2ccccc2O)nc1C. The Balaban J connectivity index is 2.41. The number of aromatic nitrogens is 1. The van der Waals surface area contributed by atoms with E-state index in [9.17, 15) is 9.90 Å². The van der Waals surface area contributed by atoms with Gasteiger partial charge in [0.1, 0.15) is 15.6 Å². The molecule has 1 heterocycles. The summed E-state index contributed by atoms with van der Waals surface area (Å²) in [6.45, 7) is 3.85. The number of nitrogens with zero attached hydrogens (tertiary/aromatic N) is 1. The Morgan fingerprint density at radius 1 is 1.44 bits per heavy atom. The van der Waals surface area contributed by atoms with E-state index in [1.807, 2.05) is 6.07 Å². The molecule has 0 fully saturated rings. The molecule has 2 aromatic rings. The number of ether oxygens (including phenoxy) is 1. The van der Waals surface area contributed by atoms with Gasteiger partial charge in [0.05, 0.1) is 17.9 Å². The molecule has 2 rings (SSSR count). The number of benzene rings is 1. The summed E-state index contributed by atoms with van der Waals surface area (Å²) in [5.74, 6) is -0.212. The van der Waals surface area contributed by atoms with Crippen LogP contribution < -0.4 is 0 Å². The predicted octanol–water partition coefficient (Wildman–Crippen LogP) is 3.00. The van der Waals surface area contributed by atoms with Crippen LogP contribution in [0, 0.1) is 6.92 Å². The normalized spacial score (nSPS) is 10.3. The predicted molar refractivity (Wildman–Crippen MR) is 69.9 cm³/mol. The smallest absolute Gasteiger partial charge is 0.350 e. The van der Waals surface area contributed by atoms with Crippen molar-refractivity contribution in [3.8, 4) is 16.3 Å². The fraction of sp³-hybridized carbons (Fsp3) is 0.231. The highest BCUT2D eigenvalue weighted by atomic mass is 32.1. The maximum atomic E-state index is 11.7. The molecule has 0 aliphatic carbocycles. The first-order chi connectivity index (χ1) is 8.63. The molecule has 18 heavy (non-hydrogen) atoms. The highest BCUT2D eigenvalue weighted by Crippen LogP contribution is 2.33. The molecular weight excluding hydrogens is 250 g/mol. The van der Waals surface area contributed by atoms with Gasteiger partial charge in [0.2, 0.25) is 0 Å². The van der Waals surface area contributed by atoms with Crippen molar-refractivity contribution < 1.29 is 14.6 Å². The first kappa shape index (κ1) is 12.6. The molecule has 0 unspecified atom stereocenters. The number of esters is 1. The maximum absolute atomic E-state index is 11.7. The second kappa shape index (κ2) is 5.18. The van der Waals surface area contributed by atoms with Gasteiger partial charge in [-0.05, 0) is 26.0 Å². The Bertz CT molecular complexity index is 577. The van der Waals surface area contributed by atoms with Gasteiger partial charge in [0, 0.05) is 0 Å². The number of aryl methyl sites for hydroxylation is 1. The van der Waals surface area contributed by atoms with Crippen molar-refractivity contribution in [2.24, 2.45) is 0 Å². The number of aromatic hydroxyl groups is 1. The van der Waals surface area contributed by atoms with Crippen LogP contribution in [0.5, 0.6) is 5.75 Å². The Kier molecular flexibility index (Phi) is 3.62. The summed E-state index contributed by atoms with van der Waals surface area (Å²) >= 11 is 1.23. The van der Waals surface area contributed by atoms with Gasteiger partial charge < -0.3 is 9.84 Å². The van der Waals surface area contributed by atoms with E-state index in [4.69, 9.17) is 4.74 Å². The van der Waals surface area contributed by atoms with Crippen molar-refractivity contribution in [1.29, 1.82) is 0 Å². The molecule has 0 saturated heterocycles. The van der Waals surface area contributed by atoms with Crippen molar-refractivity contribution in [3.63, 3.8) is 0 Å². The quantitative estimate of drug-likeness (QED) is 0.865. The molecule has 1 aromatic heterocycles. The first-order valence-electron chi connectivity index (χ1n) is 5.56. The van der Waals surface area contributed by atoms with Crippen LogP contribution in [-0.2, 0) is 4.74 Å². The minimum absolute atomic E-state index is 0.154. The third kappa shape index (κ3) is 2.36. The van der Waals surface area contributed by atoms with E-state index in [1.54, 1.807) is 32.0 Å². The number of phenols is 1. The van der Waals surface area contributed by atoms with Gasteiger partial charge in [0.15, 0.2) is 0 Å². The van der Waals surface area contributed by atoms with E-state index < -0.39 is 0 Å². The van der Waals surface area contributed by atoms with Gasteiger partial charge in [0.25, 0.3) is 0 Å². The highest BCUT2D eigenvalue weighted by Gasteiger charge is 2.18. The van der Waals surface area contributed by atoms with Crippen LogP contribution in [0.3, 0.4) is 0 Å². The molecular formula is C13H13NO3S. The van der Waals surface area contributed by atoms with Crippen molar-refractivity contribution in [3.05, 3.63) is 34.8 Å². The summed E-state index contributed by atoms with van der Waals surface area (Å²) in [6, 6.07) is 6.92. The van der Waals surface area contributed by atoms with E-state index >= 15 is 0 Å². The van der Waals surface area contributed by atoms with E-state index in [2.05, 4.69) is 4.98 Å². The van der Waals surface area contributed by atoms with Gasteiger partial charge in [-0.2, -0.15) is 0 Å².